The molecule has 1 fully saturated rings. The van der Waals surface area contributed by atoms with Crippen LogP contribution in [0.25, 0.3) is 0 Å². The number of nitrogens with zero attached hydrogens (tertiary/aromatic N) is 1. The lowest BCUT2D eigenvalue weighted by atomic mass is 10.0. The van der Waals surface area contributed by atoms with E-state index in [1.54, 1.807) is 12.1 Å². The molecule has 1 amide bonds. The summed E-state index contributed by atoms with van der Waals surface area (Å²) in [5.74, 6) is -0.223. The van der Waals surface area contributed by atoms with Gasteiger partial charge in [0.1, 0.15) is 0 Å². The molecule has 5 nitrogen and oxygen atoms in total. The summed E-state index contributed by atoms with van der Waals surface area (Å²) in [6, 6.07) is 15.0. The number of carbonyl (C=O) groups excluding carboxylic acids is 1. The summed E-state index contributed by atoms with van der Waals surface area (Å²) < 4.78 is 27.4. The Bertz CT molecular complexity index is 936. The van der Waals surface area contributed by atoms with Crippen molar-refractivity contribution >= 4 is 15.9 Å². The van der Waals surface area contributed by atoms with Crippen LogP contribution in [0.2, 0.25) is 0 Å². The Labute approximate surface area is 174 Å². The monoisotopic (exact) mass is 414 g/mol. The fourth-order valence-electron chi connectivity index (χ4n) is 3.66. The van der Waals surface area contributed by atoms with Crippen molar-refractivity contribution in [3.63, 3.8) is 0 Å². The van der Waals surface area contributed by atoms with Crippen LogP contribution in [0.15, 0.2) is 53.4 Å². The predicted octanol–water partition coefficient (Wildman–Crippen LogP) is 3.92. The number of hydrogen-bond acceptors (Lipinski definition) is 3. The smallest absolute Gasteiger partial charge is 0.251 e. The van der Waals surface area contributed by atoms with Crippen LogP contribution in [0.4, 0.5) is 0 Å². The second-order valence-electron chi connectivity index (χ2n) is 7.84. The van der Waals surface area contributed by atoms with Crippen molar-refractivity contribution in [3.05, 3.63) is 65.2 Å². The summed E-state index contributed by atoms with van der Waals surface area (Å²) in [6.07, 6.45) is 4.54. The summed E-state index contributed by atoms with van der Waals surface area (Å²) in [5, 5.41) is 3.02. The van der Waals surface area contributed by atoms with Crippen molar-refractivity contribution in [2.45, 2.75) is 56.9 Å². The van der Waals surface area contributed by atoms with Crippen LogP contribution >= 0.6 is 0 Å². The van der Waals surface area contributed by atoms with Crippen molar-refractivity contribution in [1.82, 2.24) is 9.62 Å². The van der Waals surface area contributed by atoms with Gasteiger partial charge in [0.15, 0.2) is 0 Å². The second-order valence-corrected chi connectivity index (χ2v) is 9.78. The van der Waals surface area contributed by atoms with E-state index in [0.717, 1.165) is 37.7 Å². The zero-order chi connectivity index (χ0) is 20.9. The van der Waals surface area contributed by atoms with E-state index in [2.05, 4.69) is 17.4 Å². The van der Waals surface area contributed by atoms with E-state index in [-0.39, 0.29) is 16.8 Å². The summed E-state index contributed by atoms with van der Waals surface area (Å²) in [4.78, 5) is 13.0. The van der Waals surface area contributed by atoms with E-state index in [0.29, 0.717) is 18.7 Å². The Kier molecular flexibility index (Phi) is 7.09. The third-order valence-electron chi connectivity index (χ3n) is 5.49. The zero-order valence-electron chi connectivity index (χ0n) is 17.2. The molecule has 1 N–H and O–H groups in total. The molecule has 6 heteroatoms. The van der Waals surface area contributed by atoms with Crippen molar-refractivity contribution in [3.8, 4) is 0 Å². The lowest BCUT2D eigenvalue weighted by molar-refractivity contribution is 0.0937. The summed E-state index contributed by atoms with van der Waals surface area (Å²) in [7, 11) is -3.56. The van der Waals surface area contributed by atoms with Crippen LogP contribution in [0.3, 0.4) is 0 Å². The van der Waals surface area contributed by atoms with Crippen LogP contribution in [-0.4, -0.2) is 37.8 Å². The van der Waals surface area contributed by atoms with Crippen molar-refractivity contribution < 1.29 is 13.2 Å². The second kappa shape index (κ2) is 9.55. The van der Waals surface area contributed by atoms with Crippen molar-refractivity contribution in [2.24, 2.45) is 0 Å². The highest BCUT2D eigenvalue weighted by Crippen LogP contribution is 2.23. The van der Waals surface area contributed by atoms with Crippen LogP contribution in [-0.2, 0) is 16.4 Å². The normalized spacial score (nSPS) is 16.3. The first-order valence-electron chi connectivity index (χ1n) is 10.3. The SMILES string of the molecule is Cc1ccc(S(=O)(=O)N2CCCCC2)cc1C(=O)NC(C)CCc1ccccc1. The van der Waals surface area contributed by atoms with Crippen LogP contribution < -0.4 is 5.32 Å². The molecule has 0 spiro atoms. The molecular formula is C23H30N2O3S. The van der Waals surface area contributed by atoms with Crippen LogP contribution in [0, 0.1) is 6.92 Å². The Balaban J connectivity index is 1.69. The van der Waals surface area contributed by atoms with Gasteiger partial charge < -0.3 is 5.32 Å². The molecule has 1 aliphatic rings. The third kappa shape index (κ3) is 5.46. The zero-order valence-corrected chi connectivity index (χ0v) is 18.0. The first-order chi connectivity index (χ1) is 13.9. The number of nitrogens with one attached hydrogen (secondary N) is 1. The summed E-state index contributed by atoms with van der Waals surface area (Å²) >= 11 is 0. The maximum Gasteiger partial charge on any atom is 0.251 e. The number of piperidine rings is 1. The number of benzene rings is 2. The molecule has 0 saturated carbocycles. The fraction of sp³-hybridized carbons (Fsp3) is 0.435. The Morgan fingerprint density at radius 2 is 1.76 bits per heavy atom. The van der Waals surface area contributed by atoms with E-state index in [9.17, 15) is 13.2 Å². The molecule has 1 saturated heterocycles. The molecular weight excluding hydrogens is 384 g/mol. The largest absolute Gasteiger partial charge is 0.350 e. The molecule has 0 aromatic heterocycles. The molecule has 29 heavy (non-hydrogen) atoms. The number of hydrogen-bond donors (Lipinski definition) is 1. The Morgan fingerprint density at radius 1 is 1.07 bits per heavy atom. The quantitative estimate of drug-likeness (QED) is 0.747. The summed E-state index contributed by atoms with van der Waals surface area (Å²) in [5.41, 5.74) is 2.43. The maximum absolute atomic E-state index is 12.9. The van der Waals surface area contributed by atoms with Crippen LogP contribution in [0.1, 0.15) is 54.1 Å². The lowest BCUT2D eigenvalue weighted by Crippen LogP contribution is -2.36. The van der Waals surface area contributed by atoms with Gasteiger partial charge in [-0.1, -0.05) is 42.8 Å². The number of aryl methyl sites for hydroxylation is 2. The highest BCUT2D eigenvalue weighted by Gasteiger charge is 2.27. The van der Waals surface area contributed by atoms with Gasteiger partial charge in [-0.15, -0.1) is 0 Å². The number of rotatable bonds is 7. The van der Waals surface area contributed by atoms with E-state index in [4.69, 9.17) is 0 Å². The van der Waals surface area contributed by atoms with Gasteiger partial charge in [0.2, 0.25) is 10.0 Å². The molecule has 0 radical (unpaired) electrons. The predicted molar refractivity (Wildman–Crippen MR) is 115 cm³/mol. The van der Waals surface area contributed by atoms with E-state index in [1.807, 2.05) is 32.0 Å². The van der Waals surface area contributed by atoms with E-state index < -0.39 is 10.0 Å². The van der Waals surface area contributed by atoms with E-state index >= 15 is 0 Å². The third-order valence-corrected chi connectivity index (χ3v) is 7.39. The van der Waals surface area contributed by atoms with Crippen LogP contribution in [0.5, 0.6) is 0 Å². The minimum atomic E-state index is -3.56. The highest BCUT2D eigenvalue weighted by atomic mass is 32.2. The molecule has 2 aromatic rings. The number of carbonyl (C=O) groups is 1. The standard InChI is InChI=1S/C23H30N2O3S/c1-18-11-14-21(29(27,28)25-15-7-4-8-16-25)17-22(18)23(26)24-19(2)12-13-20-9-5-3-6-10-20/h3,5-6,9-11,14,17,19H,4,7-8,12-13,15-16H2,1-2H3,(H,24,26). The van der Waals surface area contributed by atoms with Gasteiger partial charge in [0, 0.05) is 24.7 Å². The molecule has 0 bridgehead atoms. The molecule has 2 aromatic carbocycles. The highest BCUT2D eigenvalue weighted by molar-refractivity contribution is 7.89. The molecule has 156 valence electrons. The van der Waals surface area contributed by atoms with Gasteiger partial charge in [-0.25, -0.2) is 8.42 Å². The number of sulfonamides is 1. The van der Waals surface area contributed by atoms with Crippen molar-refractivity contribution in [1.29, 1.82) is 0 Å². The minimum absolute atomic E-state index is 0.00976. The molecule has 1 atom stereocenters. The number of amides is 1. The molecule has 0 aliphatic carbocycles. The van der Waals surface area contributed by atoms with Gasteiger partial charge in [0.25, 0.3) is 5.91 Å². The summed E-state index contributed by atoms with van der Waals surface area (Å²) in [6.45, 7) is 4.91. The van der Waals surface area contributed by atoms with Gasteiger partial charge in [-0.3, -0.25) is 4.79 Å². The van der Waals surface area contributed by atoms with Gasteiger partial charge in [-0.05, 0) is 62.8 Å². The van der Waals surface area contributed by atoms with Gasteiger partial charge in [-0.2, -0.15) is 4.31 Å². The Morgan fingerprint density at radius 3 is 2.45 bits per heavy atom. The van der Waals surface area contributed by atoms with E-state index in [1.165, 1.54) is 15.9 Å². The van der Waals surface area contributed by atoms with Crippen molar-refractivity contribution in [2.75, 3.05) is 13.1 Å². The minimum Gasteiger partial charge on any atom is -0.350 e. The average molecular weight is 415 g/mol. The van der Waals surface area contributed by atoms with Gasteiger partial charge in [0.05, 0.1) is 4.90 Å². The first-order valence-corrected chi connectivity index (χ1v) is 11.8. The maximum atomic E-state index is 12.9. The van der Waals surface area contributed by atoms with Gasteiger partial charge >= 0.3 is 0 Å². The topological polar surface area (TPSA) is 66.5 Å². The Hall–Kier alpha value is -2.18. The molecule has 3 rings (SSSR count). The first kappa shape index (κ1) is 21.5. The molecule has 1 heterocycles. The molecule has 1 unspecified atom stereocenters. The average Bonchev–Trinajstić information content (AvgIpc) is 2.73. The molecule has 1 aliphatic heterocycles. The lowest BCUT2D eigenvalue weighted by Gasteiger charge is -2.26. The fourth-order valence-corrected chi connectivity index (χ4v) is 5.21.